The average molecular weight is 294 g/mol. The highest BCUT2D eigenvalue weighted by Crippen LogP contribution is 2.33. The largest absolute Gasteiger partial charge is 0.417 e. The molecule has 106 valence electrons. The van der Waals surface area contributed by atoms with Crippen LogP contribution in [0.15, 0.2) is 12.3 Å². The number of anilines is 1. The molecule has 0 aromatic carbocycles. The molecular weight excluding hydrogens is 279 g/mol. The third-order valence-electron chi connectivity index (χ3n) is 3.17. The van der Waals surface area contributed by atoms with E-state index in [4.69, 9.17) is 11.6 Å². The van der Waals surface area contributed by atoms with Gasteiger partial charge in [-0.05, 0) is 25.5 Å². The summed E-state index contributed by atoms with van der Waals surface area (Å²) in [5.41, 5.74) is -0.825. The van der Waals surface area contributed by atoms with E-state index in [2.05, 4.69) is 10.3 Å². The molecule has 3 nitrogen and oxygen atoms in total. The summed E-state index contributed by atoms with van der Waals surface area (Å²) in [6, 6.07) is 1.26. The van der Waals surface area contributed by atoms with Crippen molar-refractivity contribution in [2.24, 2.45) is 0 Å². The summed E-state index contributed by atoms with van der Waals surface area (Å²) in [6.07, 6.45) is -1.42. The van der Waals surface area contributed by atoms with Crippen LogP contribution >= 0.6 is 11.6 Å². The molecule has 0 spiro atoms. The van der Waals surface area contributed by atoms with Crippen molar-refractivity contribution in [1.29, 1.82) is 0 Å². The smallest absolute Gasteiger partial charge is 0.357 e. The third-order valence-corrected chi connectivity index (χ3v) is 3.45. The Morgan fingerprint density at radius 1 is 1.53 bits per heavy atom. The van der Waals surface area contributed by atoms with Crippen LogP contribution in [-0.2, 0) is 6.18 Å². The van der Waals surface area contributed by atoms with E-state index in [1.165, 1.54) is 0 Å². The first-order valence-corrected chi connectivity index (χ1v) is 6.43. The lowest BCUT2D eigenvalue weighted by Crippen LogP contribution is -2.35. The van der Waals surface area contributed by atoms with Crippen molar-refractivity contribution in [3.05, 3.63) is 22.8 Å². The van der Waals surface area contributed by atoms with Crippen LogP contribution in [0.2, 0.25) is 5.02 Å². The van der Waals surface area contributed by atoms with Crippen molar-refractivity contribution in [2.45, 2.75) is 25.1 Å². The summed E-state index contributed by atoms with van der Waals surface area (Å²) in [6.45, 7) is 1.66. The van der Waals surface area contributed by atoms with Gasteiger partial charge in [0.1, 0.15) is 5.82 Å². The van der Waals surface area contributed by atoms with E-state index in [1.807, 2.05) is 0 Å². The van der Waals surface area contributed by atoms with Gasteiger partial charge in [0.2, 0.25) is 0 Å². The van der Waals surface area contributed by atoms with Crippen LogP contribution in [0.5, 0.6) is 0 Å². The van der Waals surface area contributed by atoms with Gasteiger partial charge < -0.3 is 10.2 Å². The summed E-state index contributed by atoms with van der Waals surface area (Å²) in [4.78, 5) is 5.62. The van der Waals surface area contributed by atoms with Crippen LogP contribution in [0.3, 0.4) is 0 Å². The van der Waals surface area contributed by atoms with E-state index in [1.54, 1.807) is 11.9 Å². The topological polar surface area (TPSA) is 28.2 Å². The number of nitrogens with zero attached hydrogens (tertiary/aromatic N) is 2. The minimum Gasteiger partial charge on any atom is -0.357 e. The number of aromatic nitrogens is 1. The van der Waals surface area contributed by atoms with Gasteiger partial charge in [-0.2, -0.15) is 13.2 Å². The second-order valence-electron chi connectivity index (χ2n) is 4.70. The average Bonchev–Trinajstić information content (AvgIpc) is 2.80. The maximum atomic E-state index is 12.5. The molecular formula is C12H15ClF3N3. The highest BCUT2D eigenvalue weighted by atomic mass is 35.5. The SMILES string of the molecule is CN(CC1CCCN1)c1ncc(C(F)(F)F)cc1Cl. The van der Waals surface area contributed by atoms with Crippen LogP contribution in [0, 0.1) is 0 Å². The van der Waals surface area contributed by atoms with Crippen LogP contribution in [-0.4, -0.2) is 31.2 Å². The van der Waals surface area contributed by atoms with Gasteiger partial charge in [0.25, 0.3) is 0 Å². The zero-order chi connectivity index (χ0) is 14.0. The molecule has 0 radical (unpaired) electrons. The Kier molecular flexibility index (Phi) is 4.20. The van der Waals surface area contributed by atoms with Gasteiger partial charge in [0.15, 0.2) is 0 Å². The van der Waals surface area contributed by atoms with E-state index in [9.17, 15) is 13.2 Å². The Morgan fingerprint density at radius 2 is 2.26 bits per heavy atom. The van der Waals surface area contributed by atoms with Crippen molar-refractivity contribution in [3.8, 4) is 0 Å². The molecule has 1 aromatic heterocycles. The molecule has 19 heavy (non-hydrogen) atoms. The molecule has 0 aliphatic carbocycles. The molecule has 1 aromatic rings. The van der Waals surface area contributed by atoms with Crippen molar-refractivity contribution < 1.29 is 13.2 Å². The van der Waals surface area contributed by atoms with E-state index >= 15 is 0 Å². The lowest BCUT2D eigenvalue weighted by Gasteiger charge is -2.23. The van der Waals surface area contributed by atoms with Crippen LogP contribution in [0.25, 0.3) is 0 Å². The third kappa shape index (κ3) is 3.51. The van der Waals surface area contributed by atoms with Crippen LogP contribution < -0.4 is 10.2 Å². The Morgan fingerprint density at radius 3 is 2.79 bits per heavy atom. The van der Waals surface area contributed by atoms with Gasteiger partial charge in [0.05, 0.1) is 10.6 Å². The highest BCUT2D eigenvalue weighted by molar-refractivity contribution is 6.33. The van der Waals surface area contributed by atoms with Gasteiger partial charge in [-0.15, -0.1) is 0 Å². The van der Waals surface area contributed by atoms with Crippen molar-refractivity contribution in [3.63, 3.8) is 0 Å². The molecule has 0 saturated carbocycles. The Bertz CT molecular complexity index is 444. The molecule has 1 atom stereocenters. The Hall–Kier alpha value is -1.01. The zero-order valence-electron chi connectivity index (χ0n) is 10.5. The highest BCUT2D eigenvalue weighted by Gasteiger charge is 2.32. The monoisotopic (exact) mass is 293 g/mol. The van der Waals surface area contributed by atoms with Gasteiger partial charge in [-0.1, -0.05) is 11.6 Å². The fraction of sp³-hybridized carbons (Fsp3) is 0.583. The number of rotatable bonds is 3. The Labute approximate surface area is 114 Å². The first-order chi connectivity index (χ1) is 8.88. The molecule has 1 saturated heterocycles. The van der Waals surface area contributed by atoms with Crippen molar-refractivity contribution in [2.75, 3.05) is 25.0 Å². The molecule has 1 N–H and O–H groups in total. The predicted octanol–water partition coefficient (Wildman–Crippen LogP) is 2.94. The fourth-order valence-electron chi connectivity index (χ4n) is 2.20. The zero-order valence-corrected chi connectivity index (χ0v) is 11.2. The van der Waals surface area contributed by atoms with E-state index in [0.717, 1.165) is 31.6 Å². The quantitative estimate of drug-likeness (QED) is 0.929. The number of hydrogen-bond donors (Lipinski definition) is 1. The lowest BCUT2D eigenvalue weighted by atomic mass is 10.2. The molecule has 0 bridgehead atoms. The number of halogens is 4. The number of hydrogen-bond acceptors (Lipinski definition) is 3. The maximum Gasteiger partial charge on any atom is 0.417 e. The summed E-state index contributed by atoms with van der Waals surface area (Å²) < 4.78 is 37.5. The minimum absolute atomic E-state index is 0.0234. The molecule has 7 heteroatoms. The van der Waals surface area contributed by atoms with E-state index in [0.29, 0.717) is 18.4 Å². The van der Waals surface area contributed by atoms with Gasteiger partial charge >= 0.3 is 6.18 Å². The number of nitrogens with one attached hydrogen (secondary N) is 1. The molecule has 2 heterocycles. The number of likely N-dealkylation sites (N-methyl/N-ethyl adjacent to an activating group) is 1. The van der Waals surface area contributed by atoms with E-state index in [-0.39, 0.29) is 5.02 Å². The molecule has 0 amide bonds. The van der Waals surface area contributed by atoms with Gasteiger partial charge in [-0.25, -0.2) is 4.98 Å². The van der Waals surface area contributed by atoms with E-state index < -0.39 is 11.7 Å². The van der Waals surface area contributed by atoms with Gasteiger partial charge in [-0.3, -0.25) is 0 Å². The number of pyridine rings is 1. The lowest BCUT2D eigenvalue weighted by molar-refractivity contribution is -0.137. The second kappa shape index (κ2) is 5.54. The minimum atomic E-state index is -4.42. The molecule has 1 aliphatic heterocycles. The summed E-state index contributed by atoms with van der Waals surface area (Å²) >= 11 is 5.89. The standard InChI is InChI=1S/C12H15ClF3N3/c1-19(7-9-3-2-4-17-9)11-10(13)5-8(6-18-11)12(14,15)16/h5-6,9,17H,2-4,7H2,1H3. The molecule has 2 rings (SSSR count). The first kappa shape index (κ1) is 14.4. The van der Waals surface area contributed by atoms with Crippen molar-refractivity contribution in [1.82, 2.24) is 10.3 Å². The van der Waals surface area contributed by atoms with Crippen LogP contribution in [0.4, 0.5) is 19.0 Å². The fourth-order valence-corrected chi connectivity index (χ4v) is 2.51. The first-order valence-electron chi connectivity index (χ1n) is 6.05. The number of alkyl halides is 3. The second-order valence-corrected chi connectivity index (χ2v) is 5.11. The summed E-state index contributed by atoms with van der Waals surface area (Å²) in [5, 5.41) is 3.34. The molecule has 1 fully saturated rings. The Balaban J connectivity index is 2.11. The van der Waals surface area contributed by atoms with Gasteiger partial charge in [0, 0.05) is 25.8 Å². The predicted molar refractivity (Wildman–Crippen MR) is 68.5 cm³/mol. The summed E-state index contributed by atoms with van der Waals surface area (Å²) in [5.74, 6) is 0.378. The molecule has 1 unspecified atom stereocenters. The maximum absolute atomic E-state index is 12.5. The van der Waals surface area contributed by atoms with Crippen molar-refractivity contribution >= 4 is 17.4 Å². The normalized spacial score (nSPS) is 19.7. The van der Waals surface area contributed by atoms with Crippen LogP contribution in [0.1, 0.15) is 18.4 Å². The summed E-state index contributed by atoms with van der Waals surface area (Å²) in [7, 11) is 1.78. The molecule has 1 aliphatic rings.